The standard InChI is InChI=1S/C20H17Cl2N5O4S/c1-27-16(8-23-19(29)11-5-6-14-15(7-11)31-10-30-14)25-26-20(27)32-9-17(28)24-13-4-2-3-12(21)18(13)22/h2-7H,8-10H2,1H3,(H,23,29)(H,24,28). The molecule has 0 aliphatic carbocycles. The van der Waals surface area contributed by atoms with Crippen molar-refractivity contribution in [1.82, 2.24) is 20.1 Å². The van der Waals surface area contributed by atoms with E-state index in [0.717, 1.165) is 0 Å². The number of nitrogens with one attached hydrogen (secondary N) is 2. The lowest BCUT2D eigenvalue weighted by molar-refractivity contribution is -0.113. The summed E-state index contributed by atoms with van der Waals surface area (Å²) < 4.78 is 12.3. The molecule has 0 bridgehead atoms. The Morgan fingerprint density at radius 1 is 1.16 bits per heavy atom. The summed E-state index contributed by atoms with van der Waals surface area (Å²) in [5.74, 6) is 1.24. The fourth-order valence-corrected chi connectivity index (χ4v) is 3.92. The fraction of sp³-hybridized carbons (Fsp3) is 0.200. The third-order valence-electron chi connectivity index (χ3n) is 4.52. The highest BCUT2D eigenvalue weighted by Crippen LogP contribution is 2.32. The number of carbonyl (C=O) groups excluding carboxylic acids is 2. The monoisotopic (exact) mass is 493 g/mol. The van der Waals surface area contributed by atoms with Crippen molar-refractivity contribution in [2.24, 2.45) is 7.05 Å². The molecule has 3 aromatic rings. The maximum Gasteiger partial charge on any atom is 0.251 e. The summed E-state index contributed by atoms with van der Waals surface area (Å²) in [6.07, 6.45) is 0. The van der Waals surface area contributed by atoms with Crippen LogP contribution in [0.1, 0.15) is 16.2 Å². The number of carbonyl (C=O) groups is 2. The SMILES string of the molecule is Cn1c(CNC(=O)c2ccc3c(c2)OCO3)nnc1SCC(=O)Nc1cccc(Cl)c1Cl. The molecule has 4 rings (SSSR count). The van der Waals surface area contributed by atoms with E-state index in [1.54, 1.807) is 48.0 Å². The normalized spacial score (nSPS) is 12.0. The molecule has 32 heavy (non-hydrogen) atoms. The lowest BCUT2D eigenvalue weighted by Gasteiger charge is -2.08. The van der Waals surface area contributed by atoms with E-state index in [4.69, 9.17) is 32.7 Å². The Kier molecular flexibility index (Phi) is 6.73. The average Bonchev–Trinajstić information content (AvgIpc) is 3.39. The maximum atomic E-state index is 12.4. The van der Waals surface area contributed by atoms with Gasteiger partial charge >= 0.3 is 0 Å². The summed E-state index contributed by atoms with van der Waals surface area (Å²) >= 11 is 13.3. The van der Waals surface area contributed by atoms with Crippen molar-refractivity contribution in [1.29, 1.82) is 0 Å². The van der Waals surface area contributed by atoms with E-state index in [9.17, 15) is 9.59 Å². The van der Waals surface area contributed by atoms with Gasteiger partial charge in [0.25, 0.3) is 5.91 Å². The number of amides is 2. The van der Waals surface area contributed by atoms with Crippen LogP contribution < -0.4 is 20.1 Å². The first-order valence-corrected chi connectivity index (χ1v) is 11.1. The van der Waals surface area contributed by atoms with Crippen molar-refractivity contribution in [3.63, 3.8) is 0 Å². The van der Waals surface area contributed by atoms with Crippen LogP contribution in [0.3, 0.4) is 0 Å². The molecule has 0 spiro atoms. The van der Waals surface area contributed by atoms with Crippen LogP contribution in [0, 0.1) is 0 Å². The minimum atomic E-state index is -0.279. The number of anilines is 1. The highest BCUT2D eigenvalue weighted by Gasteiger charge is 2.17. The topological polar surface area (TPSA) is 107 Å². The van der Waals surface area contributed by atoms with Crippen molar-refractivity contribution < 1.29 is 19.1 Å². The van der Waals surface area contributed by atoms with E-state index in [-0.39, 0.29) is 35.9 Å². The second kappa shape index (κ2) is 9.68. The van der Waals surface area contributed by atoms with Crippen LogP contribution in [0.2, 0.25) is 10.0 Å². The van der Waals surface area contributed by atoms with Crippen molar-refractivity contribution in [3.05, 3.63) is 57.8 Å². The summed E-state index contributed by atoms with van der Waals surface area (Å²) in [7, 11) is 1.76. The summed E-state index contributed by atoms with van der Waals surface area (Å²) in [5.41, 5.74) is 0.886. The van der Waals surface area contributed by atoms with Gasteiger partial charge in [-0.2, -0.15) is 0 Å². The molecule has 2 aromatic carbocycles. The quantitative estimate of drug-likeness (QED) is 0.484. The second-order valence-electron chi connectivity index (χ2n) is 6.65. The minimum absolute atomic E-state index is 0.0956. The molecule has 2 N–H and O–H groups in total. The number of fused-ring (bicyclic) bond motifs is 1. The van der Waals surface area contributed by atoms with E-state index in [2.05, 4.69) is 20.8 Å². The summed E-state index contributed by atoms with van der Waals surface area (Å²) in [5, 5.41) is 14.9. The lowest BCUT2D eigenvalue weighted by Crippen LogP contribution is -2.24. The van der Waals surface area contributed by atoms with E-state index >= 15 is 0 Å². The van der Waals surface area contributed by atoms with Gasteiger partial charge in [-0.3, -0.25) is 9.59 Å². The van der Waals surface area contributed by atoms with Crippen LogP contribution >= 0.6 is 35.0 Å². The molecule has 0 fully saturated rings. The Morgan fingerprint density at radius 2 is 1.97 bits per heavy atom. The zero-order chi connectivity index (χ0) is 22.7. The average molecular weight is 494 g/mol. The summed E-state index contributed by atoms with van der Waals surface area (Å²) in [4.78, 5) is 24.7. The Bertz CT molecular complexity index is 1190. The largest absolute Gasteiger partial charge is 0.454 e. The highest BCUT2D eigenvalue weighted by atomic mass is 35.5. The number of hydrogen-bond acceptors (Lipinski definition) is 7. The van der Waals surface area contributed by atoms with Gasteiger partial charge in [0.15, 0.2) is 22.5 Å². The number of hydrogen-bond donors (Lipinski definition) is 2. The predicted octanol–water partition coefficient (Wildman–Crippen LogP) is 3.51. The second-order valence-corrected chi connectivity index (χ2v) is 8.37. The zero-order valence-electron chi connectivity index (χ0n) is 16.7. The van der Waals surface area contributed by atoms with Gasteiger partial charge in [0.1, 0.15) is 0 Å². The van der Waals surface area contributed by atoms with E-state index in [0.29, 0.717) is 38.8 Å². The molecule has 9 nitrogen and oxygen atoms in total. The summed E-state index contributed by atoms with van der Waals surface area (Å²) in [6, 6.07) is 9.98. The fourth-order valence-electron chi connectivity index (χ4n) is 2.84. The zero-order valence-corrected chi connectivity index (χ0v) is 19.1. The van der Waals surface area contributed by atoms with Gasteiger partial charge in [0.2, 0.25) is 12.7 Å². The third kappa shape index (κ3) is 4.93. The molecule has 166 valence electrons. The van der Waals surface area contributed by atoms with Crippen LogP contribution in [0.15, 0.2) is 41.6 Å². The molecule has 12 heteroatoms. The van der Waals surface area contributed by atoms with Gasteiger partial charge in [-0.05, 0) is 30.3 Å². The first kappa shape index (κ1) is 22.3. The molecule has 1 aliphatic rings. The number of ether oxygens (including phenoxy) is 2. The summed E-state index contributed by atoms with van der Waals surface area (Å²) in [6.45, 7) is 0.311. The molecule has 0 saturated carbocycles. The van der Waals surface area contributed by atoms with Gasteiger partial charge in [-0.25, -0.2) is 0 Å². The molecule has 1 aromatic heterocycles. The maximum absolute atomic E-state index is 12.4. The molecular formula is C20H17Cl2N5O4S. The van der Waals surface area contributed by atoms with Crippen molar-refractivity contribution in [2.75, 3.05) is 17.9 Å². The van der Waals surface area contributed by atoms with Gasteiger partial charge in [0, 0.05) is 12.6 Å². The van der Waals surface area contributed by atoms with Gasteiger partial charge < -0.3 is 24.7 Å². The number of benzene rings is 2. The number of nitrogens with zero attached hydrogens (tertiary/aromatic N) is 3. The van der Waals surface area contributed by atoms with Crippen molar-refractivity contribution >= 4 is 52.5 Å². The van der Waals surface area contributed by atoms with E-state index in [1.807, 2.05) is 0 Å². The minimum Gasteiger partial charge on any atom is -0.454 e. The number of rotatable bonds is 7. The molecule has 2 heterocycles. The third-order valence-corrected chi connectivity index (χ3v) is 6.36. The van der Waals surface area contributed by atoms with Crippen molar-refractivity contribution in [2.45, 2.75) is 11.7 Å². The number of aromatic nitrogens is 3. The Balaban J connectivity index is 1.30. The molecule has 0 atom stereocenters. The van der Waals surface area contributed by atoms with Gasteiger partial charge in [0.05, 0.1) is 28.0 Å². The Hall–Kier alpha value is -2.95. The van der Waals surface area contributed by atoms with Crippen LogP contribution in [-0.4, -0.2) is 39.1 Å². The molecule has 0 radical (unpaired) electrons. The van der Waals surface area contributed by atoms with E-state index in [1.165, 1.54) is 11.8 Å². The Morgan fingerprint density at radius 3 is 2.81 bits per heavy atom. The van der Waals surface area contributed by atoms with E-state index < -0.39 is 0 Å². The predicted molar refractivity (Wildman–Crippen MR) is 121 cm³/mol. The molecule has 0 saturated heterocycles. The first-order valence-electron chi connectivity index (χ1n) is 9.35. The van der Waals surface area contributed by atoms with Crippen LogP contribution in [0.25, 0.3) is 0 Å². The molecule has 2 amide bonds. The molecular weight excluding hydrogens is 477 g/mol. The van der Waals surface area contributed by atoms with Crippen LogP contribution in [0.4, 0.5) is 5.69 Å². The van der Waals surface area contributed by atoms with Crippen LogP contribution in [-0.2, 0) is 18.4 Å². The Labute approximate surface area is 197 Å². The number of halogens is 2. The lowest BCUT2D eigenvalue weighted by atomic mass is 10.2. The first-order chi connectivity index (χ1) is 15.4. The smallest absolute Gasteiger partial charge is 0.251 e. The number of thioether (sulfide) groups is 1. The molecule has 0 unspecified atom stereocenters. The van der Waals surface area contributed by atoms with Gasteiger partial charge in [-0.1, -0.05) is 41.0 Å². The van der Waals surface area contributed by atoms with Gasteiger partial charge in [-0.15, -0.1) is 10.2 Å². The highest BCUT2D eigenvalue weighted by molar-refractivity contribution is 7.99. The van der Waals surface area contributed by atoms with Crippen LogP contribution in [0.5, 0.6) is 11.5 Å². The van der Waals surface area contributed by atoms with Crippen molar-refractivity contribution in [3.8, 4) is 11.5 Å². The molecule has 1 aliphatic heterocycles.